The fourth-order valence-electron chi connectivity index (χ4n) is 1.97. The van der Waals surface area contributed by atoms with Crippen LogP contribution >= 0.6 is 21.4 Å². The lowest BCUT2D eigenvalue weighted by atomic mass is 9.72. The third-order valence-corrected chi connectivity index (χ3v) is 2.83. The van der Waals surface area contributed by atoms with Gasteiger partial charge in [0.15, 0.2) is 0 Å². The highest BCUT2D eigenvalue weighted by molar-refractivity contribution is 8.31. The van der Waals surface area contributed by atoms with Gasteiger partial charge in [-0.3, -0.25) is 0 Å². The summed E-state index contributed by atoms with van der Waals surface area (Å²) in [5, 5.41) is 0. The van der Waals surface area contributed by atoms with Gasteiger partial charge >= 0.3 is 8.26 Å². The first kappa shape index (κ1) is 15.5. The highest BCUT2D eigenvalue weighted by Crippen LogP contribution is 2.37. The van der Waals surface area contributed by atoms with E-state index >= 15 is 0 Å². The molecule has 0 saturated heterocycles. The highest BCUT2D eigenvalue weighted by Gasteiger charge is 2.25. The summed E-state index contributed by atoms with van der Waals surface area (Å²) >= 11 is 0. The molecule has 0 aromatic carbocycles. The third kappa shape index (κ3) is 10.8. The molecule has 0 radical (unpaired) electrons. The van der Waals surface area contributed by atoms with Gasteiger partial charge in [-0.1, -0.05) is 40.0 Å². The van der Waals surface area contributed by atoms with Crippen LogP contribution in [0.2, 0.25) is 0 Å². The summed E-state index contributed by atoms with van der Waals surface area (Å²) in [4.78, 5) is 0. The van der Waals surface area contributed by atoms with E-state index in [1.165, 1.54) is 32.1 Å². The Labute approximate surface area is 102 Å². The zero-order valence-electron chi connectivity index (χ0n) is 9.59. The summed E-state index contributed by atoms with van der Waals surface area (Å²) in [5.74, 6) is 1.00. The first-order valence-corrected chi connectivity index (χ1v) is 8.38. The van der Waals surface area contributed by atoms with Gasteiger partial charge in [-0.15, -0.1) is 0 Å². The number of hydrogen-bond acceptors (Lipinski definition) is 2. The second-order valence-corrected chi connectivity index (χ2v) is 8.75. The van der Waals surface area contributed by atoms with E-state index in [1.54, 1.807) is 0 Å². The predicted octanol–water partition coefficient (Wildman–Crippen LogP) is 4.32. The van der Waals surface area contributed by atoms with Gasteiger partial charge in [-0.25, -0.2) is 0 Å². The molecule has 1 aliphatic rings. The van der Waals surface area contributed by atoms with E-state index in [-0.39, 0.29) is 0 Å². The van der Waals surface area contributed by atoms with E-state index in [0.29, 0.717) is 5.41 Å². The lowest BCUT2D eigenvalue weighted by molar-refractivity contribution is 0.180. The second kappa shape index (κ2) is 6.31. The van der Waals surface area contributed by atoms with Crippen LogP contribution in [0.5, 0.6) is 0 Å². The molecule has 0 bridgehead atoms. The molecule has 0 heterocycles. The Hall–Kier alpha value is 0.530. The second-order valence-electron chi connectivity index (χ2n) is 5.08. The maximum absolute atomic E-state index is 9.16. The molecule has 1 saturated carbocycles. The molecule has 0 amide bonds. The Bertz CT molecular complexity index is 254. The van der Waals surface area contributed by atoms with Crippen LogP contribution in [0.3, 0.4) is 0 Å². The largest absolute Gasteiger partial charge is 0.317 e. The average molecular weight is 275 g/mol. The summed E-state index contributed by atoms with van der Waals surface area (Å²) in [5.41, 5.74) is 0.570. The van der Waals surface area contributed by atoms with Crippen molar-refractivity contribution in [1.82, 2.24) is 0 Å². The number of rotatable bonds is 0. The lowest BCUT2D eigenvalue weighted by Crippen LogP contribution is -2.22. The van der Waals surface area contributed by atoms with Crippen molar-refractivity contribution in [2.24, 2.45) is 11.3 Å². The van der Waals surface area contributed by atoms with E-state index in [0.717, 1.165) is 5.92 Å². The van der Waals surface area contributed by atoms with Crippen molar-refractivity contribution in [2.75, 3.05) is 0 Å². The van der Waals surface area contributed by atoms with E-state index in [4.69, 9.17) is 8.42 Å². The first-order valence-electron chi connectivity index (χ1n) is 5.25. The summed E-state index contributed by atoms with van der Waals surface area (Å²) in [6.07, 6.45) is 7.38. The molecule has 0 atom stereocenters. The topological polar surface area (TPSA) is 34.1 Å². The smallest absolute Gasteiger partial charge is 0.195 e. The van der Waals surface area contributed by atoms with Gasteiger partial charge in [-0.05, 0) is 24.2 Å². The zero-order chi connectivity index (χ0) is 12.1. The minimum atomic E-state index is -3.72. The summed E-state index contributed by atoms with van der Waals surface area (Å²) in [7, 11) is 4.81. The van der Waals surface area contributed by atoms with Gasteiger partial charge in [0.1, 0.15) is 0 Å². The van der Waals surface area contributed by atoms with Crippen molar-refractivity contribution < 1.29 is 8.42 Å². The first-order chi connectivity index (χ1) is 6.61. The van der Waals surface area contributed by atoms with Crippen LogP contribution in [0, 0.1) is 11.3 Å². The molecular weight excluding hydrogens is 255 g/mol. The third-order valence-electron chi connectivity index (χ3n) is 2.83. The maximum atomic E-state index is 9.16. The van der Waals surface area contributed by atoms with Crippen molar-refractivity contribution in [3.8, 4) is 0 Å². The quantitative estimate of drug-likeness (QED) is 0.617. The molecule has 5 heteroatoms. The summed E-state index contributed by atoms with van der Waals surface area (Å²) in [6.45, 7) is 7.13. The Morgan fingerprint density at radius 2 is 1.33 bits per heavy atom. The Morgan fingerprint density at radius 3 is 1.53 bits per heavy atom. The van der Waals surface area contributed by atoms with Crippen LogP contribution in [0.1, 0.15) is 52.9 Å². The molecule has 0 N–H and O–H groups in total. The molecule has 92 valence electrons. The van der Waals surface area contributed by atoms with Gasteiger partial charge in [0.2, 0.25) is 0 Å². The fraction of sp³-hybridized carbons (Fsp3) is 1.00. The van der Waals surface area contributed by atoms with E-state index in [9.17, 15) is 0 Å². The van der Waals surface area contributed by atoms with Crippen molar-refractivity contribution in [3.63, 3.8) is 0 Å². The van der Waals surface area contributed by atoms with Crippen LogP contribution < -0.4 is 0 Å². The Balaban J connectivity index is 0.000000336. The molecule has 0 aliphatic heterocycles. The molecule has 0 aromatic rings. The minimum Gasteiger partial charge on any atom is -0.195 e. The van der Waals surface area contributed by atoms with Gasteiger partial charge in [-0.2, -0.15) is 8.42 Å². The summed E-state index contributed by atoms with van der Waals surface area (Å²) in [6, 6.07) is 0. The molecule has 2 nitrogen and oxygen atoms in total. The van der Waals surface area contributed by atoms with Gasteiger partial charge < -0.3 is 0 Å². The van der Waals surface area contributed by atoms with Crippen LogP contribution in [0.15, 0.2) is 0 Å². The molecule has 15 heavy (non-hydrogen) atoms. The molecular formula is C10H20Cl2O2S. The molecule has 1 rings (SSSR count). The van der Waals surface area contributed by atoms with Gasteiger partial charge in [0.05, 0.1) is 0 Å². The normalized spacial score (nSPS) is 19.3. The lowest BCUT2D eigenvalue weighted by Gasteiger charge is -2.33. The minimum absolute atomic E-state index is 0.570. The van der Waals surface area contributed by atoms with Crippen LogP contribution in [-0.4, -0.2) is 8.42 Å². The molecule has 0 aromatic heterocycles. The zero-order valence-corrected chi connectivity index (χ0v) is 11.9. The Morgan fingerprint density at radius 1 is 1.00 bits per heavy atom. The Kier molecular flexibility index (Phi) is 6.53. The SMILES string of the molecule is CC(C)(C)C1CCCCC1.O=S(=O)(Cl)Cl. The van der Waals surface area contributed by atoms with Crippen molar-refractivity contribution in [2.45, 2.75) is 52.9 Å². The van der Waals surface area contributed by atoms with E-state index in [1.807, 2.05) is 0 Å². The monoisotopic (exact) mass is 274 g/mol. The number of halogens is 2. The fourth-order valence-corrected chi connectivity index (χ4v) is 1.97. The molecule has 0 spiro atoms. The van der Waals surface area contributed by atoms with E-state index < -0.39 is 8.26 Å². The molecule has 1 aliphatic carbocycles. The van der Waals surface area contributed by atoms with Gasteiger partial charge in [0, 0.05) is 21.4 Å². The average Bonchev–Trinajstić information content (AvgIpc) is 2.01. The van der Waals surface area contributed by atoms with E-state index in [2.05, 4.69) is 42.1 Å². The van der Waals surface area contributed by atoms with Crippen molar-refractivity contribution in [1.29, 1.82) is 0 Å². The number of hydrogen-bond donors (Lipinski definition) is 0. The highest BCUT2D eigenvalue weighted by atomic mass is 36.0. The van der Waals surface area contributed by atoms with Gasteiger partial charge in [0.25, 0.3) is 0 Å². The van der Waals surface area contributed by atoms with Crippen LogP contribution in [-0.2, 0) is 8.26 Å². The molecule has 0 unspecified atom stereocenters. The van der Waals surface area contributed by atoms with Crippen LogP contribution in [0.4, 0.5) is 0 Å². The molecule has 1 fully saturated rings. The van der Waals surface area contributed by atoms with Crippen LogP contribution in [0.25, 0.3) is 0 Å². The van der Waals surface area contributed by atoms with Crippen molar-refractivity contribution >= 4 is 29.6 Å². The van der Waals surface area contributed by atoms with Crippen molar-refractivity contribution in [3.05, 3.63) is 0 Å². The predicted molar refractivity (Wildman–Crippen MR) is 66.7 cm³/mol. The summed E-state index contributed by atoms with van der Waals surface area (Å²) < 4.78 is 18.3. The standard InChI is InChI=1S/C10H20.Cl2O2S/c1-10(2,3)9-7-5-4-6-8-9;1-5(2,3)4/h9H,4-8H2,1-3H3;. The maximum Gasteiger partial charge on any atom is 0.317 e.